The lowest BCUT2D eigenvalue weighted by molar-refractivity contribution is -0.138. The number of sulfonamides is 1. The Kier molecular flexibility index (Phi) is 6.64. The summed E-state index contributed by atoms with van der Waals surface area (Å²) in [6.07, 6.45) is -3.11. The molecule has 1 saturated heterocycles. The van der Waals surface area contributed by atoms with Gasteiger partial charge >= 0.3 is 6.18 Å². The Morgan fingerprint density at radius 3 is 2.47 bits per heavy atom. The van der Waals surface area contributed by atoms with Crippen molar-refractivity contribution in [1.29, 1.82) is 0 Å². The number of anilines is 2. The molecule has 36 heavy (non-hydrogen) atoms. The van der Waals surface area contributed by atoms with E-state index in [1.807, 2.05) is 0 Å². The molecule has 0 aliphatic carbocycles. The minimum Gasteiger partial charge on any atom is -0.379 e. The van der Waals surface area contributed by atoms with Crippen molar-refractivity contribution >= 4 is 43.2 Å². The molecule has 1 N–H and O–H groups in total. The van der Waals surface area contributed by atoms with Crippen LogP contribution in [0.5, 0.6) is 0 Å². The fourth-order valence-electron chi connectivity index (χ4n) is 3.86. The summed E-state index contributed by atoms with van der Waals surface area (Å²) >= 11 is 1.19. The molecule has 8 nitrogen and oxygen atoms in total. The molecule has 3 heterocycles. The van der Waals surface area contributed by atoms with Gasteiger partial charge in [-0.1, -0.05) is 29.5 Å². The minimum atomic E-state index is -4.46. The molecule has 13 heteroatoms. The van der Waals surface area contributed by atoms with Crippen molar-refractivity contribution in [2.75, 3.05) is 31.6 Å². The van der Waals surface area contributed by atoms with Crippen LogP contribution in [0.2, 0.25) is 0 Å². The minimum absolute atomic E-state index is 0.00421. The van der Waals surface area contributed by atoms with Crippen molar-refractivity contribution in [3.05, 3.63) is 71.0 Å². The third kappa shape index (κ3) is 5.05. The number of fused-ring (bicyclic) bond motifs is 1. The second-order valence-electron chi connectivity index (χ2n) is 7.98. The molecule has 0 radical (unpaired) electrons. The molecule has 1 aliphatic heterocycles. The van der Waals surface area contributed by atoms with Gasteiger partial charge in [0.25, 0.3) is 0 Å². The highest BCUT2D eigenvalue weighted by Gasteiger charge is 2.33. The number of morpholine rings is 1. The normalized spacial score (nSPS) is 15.3. The first-order valence-corrected chi connectivity index (χ1v) is 13.2. The molecule has 1 aliphatic rings. The SMILES string of the molecule is O=S(=O)(c1ccc(Nc2ncnc3sc(Cc4ccccc4C(F)(F)F)nc23)cc1)N1CCOCC1. The maximum atomic E-state index is 13.4. The average molecular weight is 536 g/mol. The van der Waals surface area contributed by atoms with Crippen molar-refractivity contribution in [1.82, 2.24) is 19.3 Å². The van der Waals surface area contributed by atoms with E-state index in [9.17, 15) is 21.6 Å². The number of ether oxygens (including phenoxy) is 1. The number of aromatic nitrogens is 3. The molecule has 0 amide bonds. The van der Waals surface area contributed by atoms with Crippen LogP contribution in [0.15, 0.2) is 59.8 Å². The monoisotopic (exact) mass is 535 g/mol. The molecule has 5 rings (SSSR count). The lowest BCUT2D eigenvalue weighted by atomic mass is 10.0. The molecule has 0 atom stereocenters. The maximum absolute atomic E-state index is 13.4. The van der Waals surface area contributed by atoms with Crippen LogP contribution in [-0.2, 0) is 27.4 Å². The number of hydrogen-bond acceptors (Lipinski definition) is 8. The third-order valence-electron chi connectivity index (χ3n) is 5.63. The van der Waals surface area contributed by atoms with Crippen LogP contribution in [-0.4, -0.2) is 54.0 Å². The first-order valence-electron chi connectivity index (χ1n) is 10.9. The predicted octanol–water partition coefficient (Wildman–Crippen LogP) is 4.46. The van der Waals surface area contributed by atoms with E-state index >= 15 is 0 Å². The number of halogens is 3. The van der Waals surface area contributed by atoms with Gasteiger partial charge in [-0.3, -0.25) is 0 Å². The summed E-state index contributed by atoms with van der Waals surface area (Å²) in [7, 11) is -3.62. The first-order chi connectivity index (χ1) is 17.2. The topological polar surface area (TPSA) is 97.3 Å². The fourth-order valence-corrected chi connectivity index (χ4v) is 6.20. The van der Waals surface area contributed by atoms with E-state index < -0.39 is 21.8 Å². The second-order valence-corrected chi connectivity index (χ2v) is 11.0. The molecular formula is C23H20F3N5O3S2. The highest BCUT2D eigenvalue weighted by Crippen LogP contribution is 2.34. The average Bonchev–Trinajstić information content (AvgIpc) is 3.28. The van der Waals surface area contributed by atoms with Gasteiger partial charge in [0.05, 0.1) is 23.7 Å². The van der Waals surface area contributed by atoms with Crippen LogP contribution in [0, 0.1) is 0 Å². The van der Waals surface area contributed by atoms with Gasteiger partial charge in [-0.15, -0.1) is 0 Å². The van der Waals surface area contributed by atoms with E-state index in [4.69, 9.17) is 4.74 Å². The van der Waals surface area contributed by atoms with Gasteiger partial charge in [-0.25, -0.2) is 23.4 Å². The standard InChI is InChI=1S/C23H20F3N5O3S2/c24-23(25,26)18-4-2-1-3-15(18)13-19-30-20-21(27-14-28-22(20)35-19)29-16-5-7-17(8-6-16)36(32,33)31-9-11-34-12-10-31/h1-8,14H,9-13H2,(H,27,28,29). The van der Waals surface area contributed by atoms with Crippen LogP contribution >= 0.6 is 11.3 Å². The summed E-state index contributed by atoms with van der Waals surface area (Å²) in [6.45, 7) is 1.34. The summed E-state index contributed by atoms with van der Waals surface area (Å²) in [4.78, 5) is 13.6. The Morgan fingerprint density at radius 2 is 1.75 bits per heavy atom. The highest BCUT2D eigenvalue weighted by molar-refractivity contribution is 7.89. The Balaban J connectivity index is 1.37. The van der Waals surface area contributed by atoms with E-state index in [0.717, 1.165) is 6.07 Å². The summed E-state index contributed by atoms with van der Waals surface area (Å²) in [5, 5.41) is 3.57. The van der Waals surface area contributed by atoms with Gasteiger partial charge in [0.1, 0.15) is 21.7 Å². The first kappa shape index (κ1) is 24.6. The van der Waals surface area contributed by atoms with Crippen LogP contribution in [0.3, 0.4) is 0 Å². The molecule has 0 spiro atoms. The number of nitrogens with zero attached hydrogens (tertiary/aromatic N) is 4. The lowest BCUT2D eigenvalue weighted by Gasteiger charge is -2.26. The largest absolute Gasteiger partial charge is 0.416 e. The molecule has 1 fully saturated rings. The van der Waals surface area contributed by atoms with E-state index in [-0.39, 0.29) is 16.9 Å². The van der Waals surface area contributed by atoms with E-state index in [2.05, 4.69) is 20.3 Å². The number of thiazole rings is 1. The van der Waals surface area contributed by atoms with Gasteiger partial charge in [0, 0.05) is 25.2 Å². The molecule has 188 valence electrons. The number of alkyl halides is 3. The molecule has 0 bridgehead atoms. The zero-order chi connectivity index (χ0) is 25.3. The van der Waals surface area contributed by atoms with Gasteiger partial charge in [-0.2, -0.15) is 17.5 Å². The van der Waals surface area contributed by atoms with Crippen molar-refractivity contribution < 1.29 is 26.3 Å². The lowest BCUT2D eigenvalue weighted by Crippen LogP contribution is -2.40. The second kappa shape index (κ2) is 9.73. The van der Waals surface area contributed by atoms with Crippen LogP contribution in [0.25, 0.3) is 10.3 Å². The summed E-state index contributed by atoms with van der Waals surface area (Å²) in [6, 6.07) is 11.7. The Bertz CT molecular complexity index is 1490. The fraction of sp³-hybridized carbons (Fsp3) is 0.261. The van der Waals surface area contributed by atoms with E-state index in [1.54, 1.807) is 18.2 Å². The van der Waals surface area contributed by atoms with Crippen molar-refractivity contribution in [3.63, 3.8) is 0 Å². The summed E-state index contributed by atoms with van der Waals surface area (Å²) in [5.41, 5.74) is 0.435. The molecule has 0 saturated carbocycles. The van der Waals surface area contributed by atoms with Gasteiger partial charge in [-0.05, 0) is 35.9 Å². The molecule has 2 aromatic heterocycles. The van der Waals surface area contributed by atoms with Crippen molar-refractivity contribution in [2.45, 2.75) is 17.5 Å². The Hall–Kier alpha value is -3.13. The highest BCUT2D eigenvalue weighted by atomic mass is 32.2. The number of nitrogens with one attached hydrogen (secondary N) is 1. The summed E-state index contributed by atoms with van der Waals surface area (Å²) in [5.74, 6) is 0.371. The Labute approximate surface area is 208 Å². The smallest absolute Gasteiger partial charge is 0.379 e. The van der Waals surface area contributed by atoms with Crippen molar-refractivity contribution in [2.24, 2.45) is 0 Å². The van der Waals surface area contributed by atoms with Crippen molar-refractivity contribution in [3.8, 4) is 0 Å². The Morgan fingerprint density at radius 1 is 1.03 bits per heavy atom. The predicted molar refractivity (Wildman–Crippen MR) is 129 cm³/mol. The van der Waals surface area contributed by atoms with Gasteiger partial charge < -0.3 is 10.1 Å². The molecule has 0 unspecified atom stereocenters. The van der Waals surface area contributed by atoms with E-state index in [0.29, 0.717) is 53.2 Å². The number of hydrogen-bond donors (Lipinski definition) is 1. The zero-order valence-electron chi connectivity index (χ0n) is 18.7. The maximum Gasteiger partial charge on any atom is 0.416 e. The van der Waals surface area contributed by atoms with Crippen LogP contribution < -0.4 is 5.32 Å². The zero-order valence-corrected chi connectivity index (χ0v) is 20.3. The molecule has 4 aromatic rings. The van der Waals surface area contributed by atoms with E-state index in [1.165, 1.54) is 46.2 Å². The quantitative estimate of drug-likeness (QED) is 0.389. The van der Waals surface area contributed by atoms with Crippen LogP contribution in [0.4, 0.5) is 24.7 Å². The van der Waals surface area contributed by atoms with Gasteiger partial charge in [0.2, 0.25) is 10.0 Å². The van der Waals surface area contributed by atoms with Crippen LogP contribution in [0.1, 0.15) is 16.1 Å². The molecule has 2 aromatic carbocycles. The van der Waals surface area contributed by atoms with Gasteiger partial charge in [0.15, 0.2) is 5.82 Å². The number of rotatable bonds is 6. The third-order valence-corrected chi connectivity index (χ3v) is 8.51. The summed E-state index contributed by atoms with van der Waals surface area (Å²) < 4.78 is 72.4. The molecular weight excluding hydrogens is 515 g/mol. The number of benzene rings is 2.